The van der Waals surface area contributed by atoms with Crippen molar-refractivity contribution in [2.24, 2.45) is 4.99 Å². The van der Waals surface area contributed by atoms with Crippen LogP contribution >= 0.6 is 0 Å². The predicted molar refractivity (Wildman–Crippen MR) is 62.1 cm³/mol. The zero-order chi connectivity index (χ0) is 11.1. The molecule has 80 valence electrons. The van der Waals surface area contributed by atoms with Gasteiger partial charge in [-0.1, -0.05) is 13.0 Å². The van der Waals surface area contributed by atoms with Crippen LogP contribution in [0.2, 0.25) is 0 Å². The average Bonchev–Trinajstić information content (AvgIpc) is 2.31. The molecule has 3 nitrogen and oxygen atoms in total. The van der Waals surface area contributed by atoms with E-state index >= 15 is 0 Å². The van der Waals surface area contributed by atoms with Crippen LogP contribution < -0.4 is 0 Å². The van der Waals surface area contributed by atoms with Crippen molar-refractivity contribution in [1.82, 2.24) is 4.98 Å². The molecule has 1 heterocycles. The van der Waals surface area contributed by atoms with Crippen LogP contribution in [0.25, 0.3) is 0 Å². The quantitative estimate of drug-likeness (QED) is 0.762. The first-order valence-corrected chi connectivity index (χ1v) is 5.01. The molecule has 0 amide bonds. The second kappa shape index (κ2) is 6.09. The molecular formula is C12H16N2O. The molecule has 1 aromatic heterocycles. The van der Waals surface area contributed by atoms with Gasteiger partial charge in [-0.25, -0.2) is 0 Å². The minimum absolute atomic E-state index is 0.0241. The fourth-order valence-corrected chi connectivity index (χ4v) is 1.20. The largest absolute Gasteiger partial charge is 0.390 e. The highest BCUT2D eigenvalue weighted by atomic mass is 16.3. The van der Waals surface area contributed by atoms with Crippen LogP contribution in [-0.4, -0.2) is 22.8 Å². The Balaban J connectivity index is 2.89. The summed E-state index contributed by atoms with van der Waals surface area (Å²) in [5, 5.41) is 8.86. The molecule has 0 unspecified atom stereocenters. The lowest BCUT2D eigenvalue weighted by Crippen LogP contribution is -1.99. The highest BCUT2D eigenvalue weighted by Gasteiger charge is 1.99. The Morgan fingerprint density at radius 3 is 2.80 bits per heavy atom. The van der Waals surface area contributed by atoms with Crippen LogP contribution in [0.3, 0.4) is 0 Å². The number of aliphatic hydroxyl groups excluding tert-OH is 1. The Morgan fingerprint density at radius 2 is 2.33 bits per heavy atom. The molecule has 1 N–H and O–H groups in total. The summed E-state index contributed by atoms with van der Waals surface area (Å²) in [5.41, 5.74) is 2.56. The van der Waals surface area contributed by atoms with Gasteiger partial charge in [0.15, 0.2) is 0 Å². The summed E-state index contributed by atoms with van der Waals surface area (Å²) in [4.78, 5) is 8.29. The molecule has 0 aliphatic heterocycles. The second-order valence-corrected chi connectivity index (χ2v) is 3.12. The van der Waals surface area contributed by atoms with E-state index in [-0.39, 0.29) is 6.61 Å². The molecule has 0 aromatic carbocycles. The van der Waals surface area contributed by atoms with Gasteiger partial charge in [-0.15, -0.1) is 0 Å². The summed E-state index contributed by atoms with van der Waals surface area (Å²) >= 11 is 0. The highest BCUT2D eigenvalue weighted by molar-refractivity contribution is 6.08. The fourth-order valence-electron chi connectivity index (χ4n) is 1.20. The van der Waals surface area contributed by atoms with E-state index in [4.69, 9.17) is 5.11 Å². The van der Waals surface area contributed by atoms with E-state index in [0.29, 0.717) is 5.69 Å². The maximum Gasteiger partial charge on any atom is 0.0852 e. The van der Waals surface area contributed by atoms with Gasteiger partial charge in [0.05, 0.1) is 18.0 Å². The van der Waals surface area contributed by atoms with E-state index < -0.39 is 0 Å². The Labute approximate surface area is 90.2 Å². The van der Waals surface area contributed by atoms with Gasteiger partial charge >= 0.3 is 0 Å². The number of aliphatic imine (C=N–C) groups is 1. The normalized spacial score (nSPS) is 12.3. The zero-order valence-corrected chi connectivity index (χ0v) is 9.14. The van der Waals surface area contributed by atoms with Crippen LogP contribution in [0.5, 0.6) is 0 Å². The molecule has 0 bridgehead atoms. The SMILES string of the molecule is CC/C=C\C(=NC)c1ccc(CO)nc1. The number of aliphatic hydroxyl groups is 1. The molecule has 15 heavy (non-hydrogen) atoms. The minimum Gasteiger partial charge on any atom is -0.390 e. The third kappa shape index (κ3) is 3.29. The Bertz CT molecular complexity index is 352. The molecule has 1 rings (SSSR count). The summed E-state index contributed by atoms with van der Waals surface area (Å²) < 4.78 is 0. The molecule has 0 aliphatic carbocycles. The van der Waals surface area contributed by atoms with Crippen molar-refractivity contribution in [3.05, 3.63) is 41.7 Å². The van der Waals surface area contributed by atoms with Crippen molar-refractivity contribution in [3.8, 4) is 0 Å². The predicted octanol–water partition coefficient (Wildman–Crippen LogP) is 1.96. The number of rotatable bonds is 4. The molecule has 0 atom stereocenters. The molecular weight excluding hydrogens is 188 g/mol. The van der Waals surface area contributed by atoms with Crippen molar-refractivity contribution in [2.75, 3.05) is 7.05 Å². The summed E-state index contributed by atoms with van der Waals surface area (Å²) in [5.74, 6) is 0. The molecule has 0 radical (unpaired) electrons. The van der Waals surface area contributed by atoms with E-state index in [0.717, 1.165) is 17.7 Å². The van der Waals surface area contributed by atoms with Crippen LogP contribution in [0.15, 0.2) is 35.5 Å². The molecule has 0 fully saturated rings. The van der Waals surface area contributed by atoms with Crippen LogP contribution in [0.4, 0.5) is 0 Å². The van der Waals surface area contributed by atoms with E-state index in [1.807, 2.05) is 12.1 Å². The van der Waals surface area contributed by atoms with E-state index in [1.165, 1.54) is 0 Å². The van der Waals surface area contributed by atoms with Gasteiger partial charge in [0.1, 0.15) is 0 Å². The maximum atomic E-state index is 8.86. The number of hydrogen-bond donors (Lipinski definition) is 1. The maximum absolute atomic E-state index is 8.86. The number of hydrogen-bond acceptors (Lipinski definition) is 3. The summed E-state index contributed by atoms with van der Waals surface area (Å²) in [6.07, 6.45) is 6.76. The molecule has 3 heteroatoms. The Kier molecular flexibility index (Phi) is 4.71. The highest BCUT2D eigenvalue weighted by Crippen LogP contribution is 2.04. The molecule has 0 saturated heterocycles. The Hall–Kier alpha value is -1.48. The smallest absolute Gasteiger partial charge is 0.0852 e. The third-order valence-corrected chi connectivity index (χ3v) is 2.03. The van der Waals surface area contributed by atoms with Gasteiger partial charge in [-0.05, 0) is 24.6 Å². The zero-order valence-electron chi connectivity index (χ0n) is 9.14. The topological polar surface area (TPSA) is 45.5 Å². The van der Waals surface area contributed by atoms with Crippen LogP contribution in [-0.2, 0) is 6.61 Å². The van der Waals surface area contributed by atoms with E-state index in [1.54, 1.807) is 19.3 Å². The summed E-state index contributed by atoms with van der Waals surface area (Å²) in [6.45, 7) is 2.06. The third-order valence-electron chi connectivity index (χ3n) is 2.03. The molecule has 0 saturated carbocycles. The van der Waals surface area contributed by atoms with Gasteiger partial charge in [0.25, 0.3) is 0 Å². The van der Waals surface area contributed by atoms with Gasteiger partial charge in [-0.3, -0.25) is 9.98 Å². The van der Waals surface area contributed by atoms with E-state index in [9.17, 15) is 0 Å². The minimum atomic E-state index is -0.0241. The fraction of sp³-hybridized carbons (Fsp3) is 0.333. The van der Waals surface area contributed by atoms with Crippen LogP contribution in [0, 0.1) is 0 Å². The van der Waals surface area contributed by atoms with Gasteiger partial charge in [-0.2, -0.15) is 0 Å². The molecule has 0 aliphatic rings. The van der Waals surface area contributed by atoms with Crippen LogP contribution in [0.1, 0.15) is 24.6 Å². The van der Waals surface area contributed by atoms with Crippen molar-refractivity contribution in [1.29, 1.82) is 0 Å². The molecule has 0 spiro atoms. The van der Waals surface area contributed by atoms with Crippen molar-refractivity contribution >= 4 is 5.71 Å². The van der Waals surface area contributed by atoms with Crippen molar-refractivity contribution in [2.45, 2.75) is 20.0 Å². The number of nitrogens with zero attached hydrogens (tertiary/aromatic N) is 2. The van der Waals surface area contributed by atoms with E-state index in [2.05, 4.69) is 23.0 Å². The van der Waals surface area contributed by atoms with Crippen molar-refractivity contribution in [3.63, 3.8) is 0 Å². The summed E-state index contributed by atoms with van der Waals surface area (Å²) in [6, 6.07) is 3.72. The first kappa shape index (κ1) is 11.6. The first-order valence-electron chi connectivity index (χ1n) is 5.01. The number of pyridine rings is 1. The lowest BCUT2D eigenvalue weighted by molar-refractivity contribution is 0.277. The lowest BCUT2D eigenvalue weighted by atomic mass is 10.1. The monoisotopic (exact) mass is 204 g/mol. The van der Waals surface area contributed by atoms with Gasteiger partial charge < -0.3 is 5.11 Å². The number of aromatic nitrogens is 1. The van der Waals surface area contributed by atoms with Gasteiger partial charge in [0, 0.05) is 18.8 Å². The molecule has 1 aromatic rings. The lowest BCUT2D eigenvalue weighted by Gasteiger charge is -2.01. The Morgan fingerprint density at radius 1 is 1.53 bits per heavy atom. The van der Waals surface area contributed by atoms with Crippen molar-refractivity contribution < 1.29 is 5.11 Å². The van der Waals surface area contributed by atoms with Gasteiger partial charge in [0.2, 0.25) is 0 Å². The number of allylic oxidation sites excluding steroid dienone is 2. The summed E-state index contributed by atoms with van der Waals surface area (Å²) in [7, 11) is 1.76. The first-order chi connectivity index (χ1) is 7.31. The second-order valence-electron chi connectivity index (χ2n) is 3.12. The average molecular weight is 204 g/mol. The standard InChI is InChI=1S/C12H16N2O/c1-3-4-5-12(13-2)10-6-7-11(9-15)14-8-10/h4-8,15H,3,9H2,1-2H3/b5-4-,13-12?.